The summed E-state index contributed by atoms with van der Waals surface area (Å²) in [6.07, 6.45) is 2.33. The molecular weight excluding hydrogens is 539 g/mol. The zero-order chi connectivity index (χ0) is 27.1. The van der Waals surface area contributed by atoms with Gasteiger partial charge in [0, 0.05) is 34.0 Å². The maximum Gasteiger partial charge on any atom is 2.00 e. The predicted molar refractivity (Wildman–Crippen MR) is 144 cm³/mol. The van der Waals surface area contributed by atoms with Crippen LogP contribution in [-0.2, 0) is 32.8 Å². The van der Waals surface area contributed by atoms with Crippen LogP contribution in [0.2, 0.25) is 0 Å². The molecule has 0 amide bonds. The van der Waals surface area contributed by atoms with Gasteiger partial charge >= 0.3 is 16.8 Å². The van der Waals surface area contributed by atoms with Gasteiger partial charge in [0.1, 0.15) is 0 Å². The summed E-state index contributed by atoms with van der Waals surface area (Å²) in [5.74, 6) is -2.25. The van der Waals surface area contributed by atoms with Gasteiger partial charge in [-0.2, -0.15) is 0 Å². The first-order valence-electron chi connectivity index (χ1n) is 12.6. The molecule has 5 heterocycles. The Kier molecular flexibility index (Phi) is 7.94. The molecular formula is C30H28CoN4O4. The number of aromatic nitrogens is 4. The average molecular weight is 568 g/mol. The zero-order valence-corrected chi connectivity index (χ0v) is 23.2. The average Bonchev–Trinajstić information content (AvgIpc) is 3.53. The summed E-state index contributed by atoms with van der Waals surface area (Å²) in [6, 6.07) is 9.88. The van der Waals surface area contributed by atoms with Crippen LogP contribution >= 0.6 is 0 Å². The van der Waals surface area contributed by atoms with Crippen molar-refractivity contribution < 1.29 is 36.6 Å². The van der Waals surface area contributed by atoms with Crippen LogP contribution < -0.4 is 10.2 Å². The van der Waals surface area contributed by atoms with Gasteiger partial charge in [-0.3, -0.25) is 0 Å². The van der Waals surface area contributed by atoms with E-state index < -0.39 is 11.9 Å². The van der Waals surface area contributed by atoms with E-state index in [9.17, 15) is 19.8 Å². The summed E-state index contributed by atoms with van der Waals surface area (Å²) in [7, 11) is 0. The van der Waals surface area contributed by atoms with Gasteiger partial charge in [-0.25, -0.2) is 9.97 Å². The number of H-pyrrole nitrogens is 2. The minimum atomic E-state index is -1.13. The van der Waals surface area contributed by atoms with E-state index >= 15 is 0 Å². The Morgan fingerprint density at radius 3 is 2.18 bits per heavy atom. The molecule has 39 heavy (non-hydrogen) atoms. The summed E-state index contributed by atoms with van der Waals surface area (Å²) in [4.78, 5) is 39.2. The molecule has 8 bridgehead atoms. The summed E-state index contributed by atoms with van der Waals surface area (Å²) in [5.41, 5.74) is 12.0. The van der Waals surface area contributed by atoms with Crippen LogP contribution in [-0.4, -0.2) is 31.9 Å². The fraction of sp³-hybridized carbons (Fsp3) is 0.267. The number of hydrogen-bond acceptors (Lipinski definition) is 6. The summed E-state index contributed by atoms with van der Waals surface area (Å²) >= 11 is 0. The normalized spacial score (nSPS) is 12.8. The van der Waals surface area contributed by atoms with Crippen LogP contribution in [0.4, 0.5) is 0 Å². The van der Waals surface area contributed by atoms with E-state index in [-0.39, 0.29) is 42.5 Å². The van der Waals surface area contributed by atoms with E-state index in [4.69, 9.17) is 9.97 Å². The second-order valence-electron chi connectivity index (χ2n) is 9.93. The van der Waals surface area contributed by atoms with E-state index in [0.717, 1.165) is 72.6 Å². The smallest absolute Gasteiger partial charge is 0.550 e. The minimum Gasteiger partial charge on any atom is -0.550 e. The number of aliphatic carboxylic acids is 2. The molecule has 0 spiro atoms. The number of rotatable bonds is 6. The van der Waals surface area contributed by atoms with Gasteiger partial charge in [0.05, 0.1) is 22.8 Å². The number of carboxylic acids is 2. The summed E-state index contributed by atoms with van der Waals surface area (Å²) < 4.78 is 0. The van der Waals surface area contributed by atoms with Gasteiger partial charge in [-0.15, -0.1) is 0 Å². The Balaban J connectivity index is 0.00000353. The van der Waals surface area contributed by atoms with Crippen molar-refractivity contribution in [1.82, 2.24) is 19.9 Å². The molecule has 0 saturated carbocycles. The van der Waals surface area contributed by atoms with Crippen LogP contribution in [0.25, 0.3) is 44.9 Å². The van der Waals surface area contributed by atoms with Crippen molar-refractivity contribution in [1.29, 1.82) is 0 Å². The van der Waals surface area contributed by atoms with Crippen molar-refractivity contribution in [3.05, 3.63) is 69.8 Å². The summed E-state index contributed by atoms with van der Waals surface area (Å²) in [6.45, 7) is 7.93. The fourth-order valence-electron chi connectivity index (χ4n) is 5.10. The number of allylic oxidation sites excluding steroid dienone is 3. The van der Waals surface area contributed by atoms with E-state index in [1.54, 1.807) is 0 Å². The molecule has 2 aliphatic heterocycles. The van der Waals surface area contributed by atoms with Crippen molar-refractivity contribution in [3.8, 4) is 0 Å². The molecule has 0 aromatic carbocycles. The quantitative estimate of drug-likeness (QED) is 0.467. The molecule has 2 N–H and O–H groups in total. The largest absolute Gasteiger partial charge is 2.00 e. The fourth-order valence-corrected chi connectivity index (χ4v) is 5.10. The number of fused-ring (bicyclic) bond motifs is 8. The van der Waals surface area contributed by atoms with Crippen LogP contribution in [0.1, 0.15) is 72.6 Å². The monoisotopic (exact) mass is 567 g/mol. The first kappa shape index (κ1) is 28.1. The van der Waals surface area contributed by atoms with Crippen molar-refractivity contribution in [3.63, 3.8) is 0 Å². The van der Waals surface area contributed by atoms with E-state index in [1.165, 1.54) is 0 Å². The van der Waals surface area contributed by atoms with Crippen molar-refractivity contribution >= 4 is 56.8 Å². The molecule has 0 fully saturated rings. The maximum absolute atomic E-state index is 11.3. The molecule has 5 rings (SSSR count). The van der Waals surface area contributed by atoms with Crippen molar-refractivity contribution in [2.45, 2.75) is 53.4 Å². The van der Waals surface area contributed by atoms with Crippen molar-refractivity contribution in [2.24, 2.45) is 0 Å². The van der Waals surface area contributed by atoms with Crippen LogP contribution in [0, 0.1) is 13.8 Å². The second kappa shape index (κ2) is 11.0. The van der Waals surface area contributed by atoms with Gasteiger partial charge in [0.2, 0.25) is 0 Å². The van der Waals surface area contributed by atoms with Gasteiger partial charge in [-0.1, -0.05) is 0 Å². The number of carbonyl (C=O) groups is 2. The van der Waals surface area contributed by atoms with Gasteiger partial charge < -0.3 is 29.8 Å². The number of nitrogens with one attached hydrogen (secondary N) is 2. The number of carboxylic acid groups (broad SMARTS) is 2. The van der Waals surface area contributed by atoms with Crippen LogP contribution in [0.3, 0.4) is 0 Å². The number of carbonyl (C=O) groups excluding carboxylic acids is 2. The van der Waals surface area contributed by atoms with Crippen LogP contribution in [0.15, 0.2) is 30.3 Å². The molecule has 0 unspecified atom stereocenters. The molecule has 9 heteroatoms. The molecule has 8 nitrogen and oxygen atoms in total. The maximum atomic E-state index is 11.3. The van der Waals surface area contributed by atoms with Gasteiger partial charge in [-0.05, 0) is 123 Å². The Morgan fingerprint density at radius 1 is 0.769 bits per heavy atom. The molecule has 3 aromatic heterocycles. The zero-order valence-electron chi connectivity index (χ0n) is 22.2. The molecule has 0 atom stereocenters. The summed E-state index contributed by atoms with van der Waals surface area (Å²) in [5, 5.41) is 22.6. The Bertz CT molecular complexity index is 1730. The first-order valence-corrected chi connectivity index (χ1v) is 12.6. The Hall–Kier alpha value is -3.95. The standard InChI is InChI=1S/C30H30N4O4.Co/c1-15-9-20-12-25-17(3)21(5-7-29(35)36)27(33-25)14-28-22(6-8-30(37)38)18(4)26(34-28)13-24-16(2)10-19(32-24)11-23(15)31-20;/h9-14,32-33H,5-8H2,1-4H3,(H,35,36)(H,37,38);/q;+2/p-2. The number of nitrogens with zero attached hydrogens (tertiary/aromatic N) is 2. The van der Waals surface area contributed by atoms with Gasteiger partial charge in [0.25, 0.3) is 0 Å². The van der Waals surface area contributed by atoms with Gasteiger partial charge in [0.15, 0.2) is 0 Å². The Labute approximate surface area is 236 Å². The number of aryl methyl sites for hydroxylation is 3. The molecule has 201 valence electrons. The third-order valence-corrected chi connectivity index (χ3v) is 7.24. The Morgan fingerprint density at radius 2 is 1.46 bits per heavy atom. The second-order valence-corrected chi connectivity index (χ2v) is 9.93. The molecule has 0 saturated heterocycles. The third-order valence-electron chi connectivity index (χ3n) is 7.24. The van der Waals surface area contributed by atoms with E-state index in [2.05, 4.69) is 16.0 Å². The predicted octanol–water partition coefficient (Wildman–Crippen LogP) is 3.63. The number of aromatic amines is 2. The number of hydrogen-bond donors (Lipinski definition) is 2. The first-order chi connectivity index (χ1) is 18.1. The van der Waals surface area contributed by atoms with Crippen molar-refractivity contribution in [2.75, 3.05) is 0 Å². The topological polar surface area (TPSA) is 138 Å². The van der Waals surface area contributed by atoms with E-state index in [0.29, 0.717) is 5.69 Å². The molecule has 0 aliphatic carbocycles. The minimum absolute atomic E-state index is 0. The molecule has 1 radical (unpaired) electrons. The van der Waals surface area contributed by atoms with E-state index in [1.807, 2.05) is 58.0 Å². The molecule has 3 aromatic rings. The SMILES string of the molecule is CC1=Cc2cc3[nH]c(cc4nc(cc5[nH]c(cc1n2)cc5C)C(C)=C4CCC(=O)[O-])c(CCC(=O)[O-])c3C.[Co+2]. The third kappa shape index (κ3) is 5.74. The molecule has 2 aliphatic rings. The van der Waals surface area contributed by atoms with Crippen LogP contribution in [0.5, 0.6) is 0 Å².